The first-order valence-corrected chi connectivity index (χ1v) is 9.50. The van der Waals surface area contributed by atoms with Crippen molar-refractivity contribution in [1.82, 2.24) is 5.16 Å². The molecule has 4 heteroatoms. The SMILES string of the molecule is Cc1ccc(-c2cc(COC(=O)C(c3ccccc3)c3ccccc3)no2)cc1. The van der Waals surface area contributed by atoms with E-state index < -0.39 is 5.92 Å². The van der Waals surface area contributed by atoms with E-state index in [0.29, 0.717) is 11.5 Å². The van der Waals surface area contributed by atoms with Crippen LogP contribution in [0.2, 0.25) is 0 Å². The summed E-state index contributed by atoms with van der Waals surface area (Å²) < 4.78 is 11.0. The lowest BCUT2D eigenvalue weighted by molar-refractivity contribution is -0.145. The van der Waals surface area contributed by atoms with Crippen LogP contribution in [0.5, 0.6) is 0 Å². The molecule has 1 aromatic heterocycles. The van der Waals surface area contributed by atoms with E-state index in [0.717, 1.165) is 16.7 Å². The minimum Gasteiger partial charge on any atom is -0.458 e. The molecule has 0 amide bonds. The number of aryl methyl sites for hydroxylation is 1. The Morgan fingerprint density at radius 1 is 0.897 bits per heavy atom. The Morgan fingerprint density at radius 3 is 2.07 bits per heavy atom. The Hall–Kier alpha value is -3.66. The van der Waals surface area contributed by atoms with E-state index in [2.05, 4.69) is 5.16 Å². The maximum absolute atomic E-state index is 13.0. The van der Waals surface area contributed by atoms with Gasteiger partial charge >= 0.3 is 5.97 Å². The van der Waals surface area contributed by atoms with Crippen LogP contribution >= 0.6 is 0 Å². The molecule has 4 aromatic rings. The van der Waals surface area contributed by atoms with Gasteiger partial charge in [0.05, 0.1) is 0 Å². The minimum atomic E-state index is -0.485. The third-order valence-electron chi connectivity index (χ3n) is 4.76. The normalized spacial score (nSPS) is 10.8. The number of hydrogen-bond donors (Lipinski definition) is 0. The van der Waals surface area contributed by atoms with Gasteiger partial charge in [0.2, 0.25) is 0 Å². The van der Waals surface area contributed by atoms with Crippen molar-refractivity contribution in [2.24, 2.45) is 0 Å². The van der Waals surface area contributed by atoms with Crippen LogP contribution < -0.4 is 0 Å². The molecule has 0 aliphatic rings. The van der Waals surface area contributed by atoms with Crippen LogP contribution in [0.3, 0.4) is 0 Å². The van der Waals surface area contributed by atoms with Crippen LogP contribution in [0.1, 0.15) is 28.3 Å². The highest BCUT2D eigenvalue weighted by molar-refractivity contribution is 5.82. The Kier molecular flexibility index (Phi) is 5.52. The average molecular weight is 383 g/mol. The zero-order valence-electron chi connectivity index (χ0n) is 16.1. The molecule has 4 rings (SSSR count). The molecule has 0 fully saturated rings. The number of esters is 1. The second-order valence-electron chi connectivity index (χ2n) is 6.91. The summed E-state index contributed by atoms with van der Waals surface area (Å²) in [5.74, 6) is -0.151. The maximum atomic E-state index is 13.0. The molecule has 0 aliphatic heterocycles. The third kappa shape index (κ3) is 4.43. The largest absolute Gasteiger partial charge is 0.458 e. The maximum Gasteiger partial charge on any atom is 0.318 e. The summed E-state index contributed by atoms with van der Waals surface area (Å²) >= 11 is 0. The fourth-order valence-corrected chi connectivity index (χ4v) is 3.22. The number of benzene rings is 3. The van der Waals surface area contributed by atoms with Gasteiger partial charge < -0.3 is 9.26 Å². The molecule has 0 bridgehead atoms. The van der Waals surface area contributed by atoms with Crippen molar-refractivity contribution >= 4 is 5.97 Å². The Labute approximate surface area is 169 Å². The van der Waals surface area contributed by atoms with Gasteiger partial charge in [0.15, 0.2) is 5.76 Å². The summed E-state index contributed by atoms with van der Waals surface area (Å²) in [4.78, 5) is 13.0. The highest BCUT2D eigenvalue weighted by Gasteiger charge is 2.24. The standard InChI is InChI=1S/C25H21NO3/c1-18-12-14-19(15-13-18)23-16-22(26-29-23)17-28-25(27)24(20-8-4-2-5-9-20)21-10-6-3-7-11-21/h2-16,24H,17H2,1H3. The fraction of sp³-hybridized carbons (Fsp3) is 0.120. The minimum absolute atomic E-state index is 0.0599. The van der Waals surface area contributed by atoms with E-state index in [1.807, 2.05) is 91.9 Å². The van der Waals surface area contributed by atoms with Crippen molar-refractivity contribution in [1.29, 1.82) is 0 Å². The van der Waals surface area contributed by atoms with Crippen molar-refractivity contribution in [2.45, 2.75) is 19.4 Å². The van der Waals surface area contributed by atoms with Gasteiger partial charge in [0, 0.05) is 11.6 Å². The van der Waals surface area contributed by atoms with Crippen molar-refractivity contribution in [3.05, 3.63) is 113 Å². The van der Waals surface area contributed by atoms with Gasteiger partial charge in [0.1, 0.15) is 18.2 Å². The lowest BCUT2D eigenvalue weighted by atomic mass is 9.91. The van der Waals surface area contributed by atoms with E-state index in [9.17, 15) is 4.79 Å². The number of aromatic nitrogens is 1. The average Bonchev–Trinajstić information content (AvgIpc) is 3.24. The second-order valence-corrected chi connectivity index (χ2v) is 6.91. The van der Waals surface area contributed by atoms with Crippen molar-refractivity contribution in [2.75, 3.05) is 0 Å². The van der Waals surface area contributed by atoms with Gasteiger partial charge in [-0.15, -0.1) is 0 Å². The highest BCUT2D eigenvalue weighted by Crippen LogP contribution is 2.27. The summed E-state index contributed by atoms with van der Waals surface area (Å²) in [5, 5.41) is 4.04. The topological polar surface area (TPSA) is 52.3 Å². The van der Waals surface area contributed by atoms with Crippen LogP contribution in [0, 0.1) is 6.92 Å². The molecule has 0 saturated heterocycles. The molecule has 0 aliphatic carbocycles. The van der Waals surface area contributed by atoms with Gasteiger partial charge in [-0.1, -0.05) is 95.6 Å². The lowest BCUT2D eigenvalue weighted by Crippen LogP contribution is -2.17. The summed E-state index contributed by atoms with van der Waals surface area (Å²) in [6, 6.07) is 29.1. The van der Waals surface area contributed by atoms with Gasteiger partial charge in [-0.05, 0) is 18.1 Å². The van der Waals surface area contributed by atoms with Gasteiger partial charge in [-0.25, -0.2) is 0 Å². The van der Waals surface area contributed by atoms with Crippen LogP contribution in [-0.4, -0.2) is 11.1 Å². The first-order chi connectivity index (χ1) is 14.2. The van der Waals surface area contributed by atoms with Crippen molar-refractivity contribution < 1.29 is 14.1 Å². The molecule has 144 valence electrons. The van der Waals surface area contributed by atoms with Crippen molar-refractivity contribution in [3.63, 3.8) is 0 Å². The summed E-state index contributed by atoms with van der Waals surface area (Å²) in [6.07, 6.45) is 0. The number of ether oxygens (including phenoxy) is 1. The van der Waals surface area contributed by atoms with E-state index in [1.165, 1.54) is 5.56 Å². The number of hydrogen-bond acceptors (Lipinski definition) is 4. The smallest absolute Gasteiger partial charge is 0.318 e. The molecule has 0 N–H and O–H groups in total. The number of nitrogens with zero attached hydrogens (tertiary/aromatic N) is 1. The molecule has 0 unspecified atom stereocenters. The third-order valence-corrected chi connectivity index (χ3v) is 4.76. The van der Waals surface area contributed by atoms with Gasteiger partial charge in [-0.2, -0.15) is 0 Å². The summed E-state index contributed by atoms with van der Waals surface area (Å²) in [5.41, 5.74) is 4.48. The molecule has 0 spiro atoms. The molecule has 1 heterocycles. The zero-order chi connectivity index (χ0) is 20.1. The summed E-state index contributed by atoms with van der Waals surface area (Å²) in [6.45, 7) is 2.09. The predicted molar refractivity (Wildman–Crippen MR) is 111 cm³/mol. The van der Waals surface area contributed by atoms with Crippen LogP contribution in [0.25, 0.3) is 11.3 Å². The molecule has 3 aromatic carbocycles. The van der Waals surface area contributed by atoms with Gasteiger partial charge in [-0.3, -0.25) is 4.79 Å². The van der Waals surface area contributed by atoms with Crippen molar-refractivity contribution in [3.8, 4) is 11.3 Å². The fourth-order valence-electron chi connectivity index (χ4n) is 3.22. The Balaban J connectivity index is 1.49. The quantitative estimate of drug-likeness (QED) is 0.411. The molecule has 29 heavy (non-hydrogen) atoms. The monoisotopic (exact) mass is 383 g/mol. The van der Waals surface area contributed by atoms with E-state index in [1.54, 1.807) is 6.07 Å². The van der Waals surface area contributed by atoms with E-state index in [4.69, 9.17) is 9.26 Å². The van der Waals surface area contributed by atoms with Crippen LogP contribution in [0.4, 0.5) is 0 Å². The molecule has 0 radical (unpaired) electrons. The zero-order valence-corrected chi connectivity index (χ0v) is 16.1. The number of rotatable bonds is 6. The first-order valence-electron chi connectivity index (χ1n) is 9.50. The number of carbonyl (C=O) groups excluding carboxylic acids is 1. The first kappa shape index (κ1) is 18.7. The Bertz CT molecular complexity index is 1030. The predicted octanol–water partition coefficient (Wildman–Crippen LogP) is 5.53. The molecular formula is C25H21NO3. The molecular weight excluding hydrogens is 362 g/mol. The van der Waals surface area contributed by atoms with E-state index >= 15 is 0 Å². The number of carbonyl (C=O) groups is 1. The molecule has 0 saturated carbocycles. The molecule has 4 nitrogen and oxygen atoms in total. The van der Waals surface area contributed by atoms with Crippen LogP contribution in [0.15, 0.2) is 95.5 Å². The molecule has 0 atom stereocenters. The summed E-state index contributed by atoms with van der Waals surface area (Å²) in [7, 11) is 0. The van der Waals surface area contributed by atoms with Gasteiger partial charge in [0.25, 0.3) is 0 Å². The second kappa shape index (κ2) is 8.57. The highest BCUT2D eigenvalue weighted by atomic mass is 16.5. The van der Waals surface area contributed by atoms with Crippen LogP contribution in [-0.2, 0) is 16.1 Å². The lowest BCUT2D eigenvalue weighted by Gasteiger charge is -2.16. The van der Waals surface area contributed by atoms with E-state index in [-0.39, 0.29) is 12.6 Å². The Morgan fingerprint density at radius 2 is 1.48 bits per heavy atom.